The number of hydrogen-bond acceptors (Lipinski definition) is 4. The van der Waals surface area contributed by atoms with Crippen LogP contribution in [-0.4, -0.2) is 11.9 Å². The molecule has 3 nitrogen and oxygen atoms in total. The van der Waals surface area contributed by atoms with Gasteiger partial charge >= 0.3 is 0 Å². The zero-order valence-corrected chi connectivity index (χ0v) is 16.9. The Morgan fingerprint density at radius 3 is 2.33 bits per heavy atom. The number of aryl methyl sites for hydroxylation is 2. The van der Waals surface area contributed by atoms with Crippen molar-refractivity contribution in [3.05, 3.63) is 71.5 Å². The van der Waals surface area contributed by atoms with E-state index in [9.17, 15) is 4.79 Å². The summed E-state index contributed by atoms with van der Waals surface area (Å²) >= 11 is 1.75. The molecule has 4 heteroatoms. The number of thioether (sulfide) groups is 1. The van der Waals surface area contributed by atoms with Crippen LogP contribution in [0.5, 0.6) is 5.75 Å². The molecule has 0 aliphatic heterocycles. The smallest absolute Gasteiger partial charge is 0.162 e. The van der Waals surface area contributed by atoms with Gasteiger partial charge in [-0.05, 0) is 58.0 Å². The maximum absolute atomic E-state index is 11.0. The molecular weight excluding hydrogens is 356 g/mol. The topological polar surface area (TPSA) is 39.4 Å². The standard InChI is InChI=1S/C23H24O3S/c1-16-5-7-18(8-6-16)22-13-19(17(2)25-22)14-27-21-11-9-20(10-12-21)26-23(3,4)15-24/h5-13,15H,14H2,1-4H3. The zero-order chi connectivity index (χ0) is 19.4. The fourth-order valence-corrected chi connectivity index (χ4v) is 3.55. The van der Waals surface area contributed by atoms with Gasteiger partial charge in [-0.25, -0.2) is 0 Å². The van der Waals surface area contributed by atoms with Gasteiger partial charge in [0, 0.05) is 21.8 Å². The van der Waals surface area contributed by atoms with Gasteiger partial charge in [-0.1, -0.05) is 29.8 Å². The highest BCUT2D eigenvalue weighted by Crippen LogP contribution is 2.31. The first-order valence-corrected chi connectivity index (χ1v) is 9.89. The van der Waals surface area contributed by atoms with Gasteiger partial charge in [0.25, 0.3) is 0 Å². The summed E-state index contributed by atoms with van der Waals surface area (Å²) in [6.07, 6.45) is 0.809. The van der Waals surface area contributed by atoms with Crippen LogP contribution in [0.4, 0.5) is 0 Å². The van der Waals surface area contributed by atoms with Gasteiger partial charge in [0.15, 0.2) is 11.9 Å². The number of benzene rings is 2. The molecule has 0 aliphatic rings. The second kappa shape index (κ2) is 8.05. The van der Waals surface area contributed by atoms with Gasteiger partial charge in [0.05, 0.1) is 0 Å². The van der Waals surface area contributed by atoms with E-state index in [2.05, 4.69) is 37.3 Å². The third-order valence-corrected chi connectivity index (χ3v) is 5.30. The minimum Gasteiger partial charge on any atom is -0.480 e. The van der Waals surface area contributed by atoms with E-state index in [4.69, 9.17) is 9.15 Å². The van der Waals surface area contributed by atoms with Crippen molar-refractivity contribution < 1.29 is 13.9 Å². The van der Waals surface area contributed by atoms with Crippen molar-refractivity contribution >= 4 is 18.0 Å². The van der Waals surface area contributed by atoms with E-state index < -0.39 is 5.60 Å². The molecule has 0 saturated heterocycles. The normalized spacial score (nSPS) is 11.4. The lowest BCUT2D eigenvalue weighted by molar-refractivity contribution is -0.118. The first kappa shape index (κ1) is 19.3. The van der Waals surface area contributed by atoms with E-state index in [0.29, 0.717) is 5.75 Å². The Morgan fingerprint density at radius 1 is 1.04 bits per heavy atom. The van der Waals surface area contributed by atoms with Crippen LogP contribution in [-0.2, 0) is 10.5 Å². The summed E-state index contributed by atoms with van der Waals surface area (Å²) in [6, 6.07) is 18.3. The predicted octanol–water partition coefficient (Wildman–Crippen LogP) is 6.21. The molecule has 0 radical (unpaired) electrons. The number of carbonyl (C=O) groups is 1. The van der Waals surface area contributed by atoms with Crippen molar-refractivity contribution in [2.45, 2.75) is 43.9 Å². The lowest BCUT2D eigenvalue weighted by Gasteiger charge is -2.19. The zero-order valence-electron chi connectivity index (χ0n) is 16.1. The average Bonchev–Trinajstić information content (AvgIpc) is 3.02. The van der Waals surface area contributed by atoms with Gasteiger partial charge in [0.1, 0.15) is 17.3 Å². The highest BCUT2D eigenvalue weighted by molar-refractivity contribution is 7.98. The average molecular weight is 381 g/mol. The molecule has 0 atom stereocenters. The number of aldehydes is 1. The Labute approximate surface area is 164 Å². The highest BCUT2D eigenvalue weighted by Gasteiger charge is 2.18. The molecule has 0 spiro atoms. The summed E-state index contributed by atoms with van der Waals surface area (Å²) < 4.78 is 11.6. The van der Waals surface area contributed by atoms with E-state index in [1.54, 1.807) is 25.6 Å². The summed E-state index contributed by atoms with van der Waals surface area (Å²) in [5.74, 6) is 3.38. The number of ether oxygens (including phenoxy) is 1. The van der Waals surface area contributed by atoms with Gasteiger partial charge < -0.3 is 9.15 Å². The lowest BCUT2D eigenvalue weighted by Crippen LogP contribution is -2.29. The largest absolute Gasteiger partial charge is 0.480 e. The molecule has 140 valence electrons. The minimum absolute atomic E-state index is 0.692. The Kier molecular flexibility index (Phi) is 5.76. The molecular formula is C23H24O3S. The third-order valence-electron chi connectivity index (χ3n) is 4.24. The molecule has 0 amide bonds. The Bertz CT molecular complexity index is 906. The molecule has 1 heterocycles. The SMILES string of the molecule is Cc1ccc(-c2cc(CSc3ccc(OC(C)(C)C=O)cc3)c(C)o2)cc1. The van der Waals surface area contributed by atoms with Crippen LogP contribution in [0.1, 0.15) is 30.7 Å². The number of hydrogen-bond donors (Lipinski definition) is 0. The van der Waals surface area contributed by atoms with Crippen LogP contribution in [0, 0.1) is 13.8 Å². The number of carbonyl (C=O) groups excluding carboxylic acids is 1. The maximum Gasteiger partial charge on any atom is 0.162 e. The Morgan fingerprint density at radius 2 is 1.70 bits per heavy atom. The van der Waals surface area contributed by atoms with E-state index in [1.807, 2.05) is 31.2 Å². The quantitative estimate of drug-likeness (QED) is 0.361. The fraction of sp³-hybridized carbons (Fsp3) is 0.261. The minimum atomic E-state index is -0.811. The molecule has 1 aromatic heterocycles. The van der Waals surface area contributed by atoms with Gasteiger partial charge in [-0.2, -0.15) is 0 Å². The second-order valence-electron chi connectivity index (χ2n) is 7.14. The molecule has 2 aromatic carbocycles. The second-order valence-corrected chi connectivity index (χ2v) is 8.19. The summed E-state index contributed by atoms with van der Waals surface area (Å²) in [6.45, 7) is 7.58. The van der Waals surface area contributed by atoms with E-state index in [1.165, 1.54) is 11.1 Å². The van der Waals surface area contributed by atoms with Crippen molar-refractivity contribution in [2.24, 2.45) is 0 Å². The van der Waals surface area contributed by atoms with Crippen molar-refractivity contribution in [2.75, 3.05) is 0 Å². The van der Waals surface area contributed by atoms with Crippen LogP contribution < -0.4 is 4.74 Å². The Balaban J connectivity index is 1.65. The summed E-state index contributed by atoms with van der Waals surface area (Å²) in [7, 11) is 0. The molecule has 0 N–H and O–H groups in total. The Hall–Kier alpha value is -2.46. The molecule has 0 unspecified atom stereocenters. The maximum atomic E-state index is 11.0. The van der Waals surface area contributed by atoms with Crippen LogP contribution in [0.15, 0.2) is 63.9 Å². The molecule has 0 bridgehead atoms. The number of rotatable bonds is 7. The molecule has 0 fully saturated rings. The summed E-state index contributed by atoms with van der Waals surface area (Å²) in [5, 5.41) is 0. The van der Waals surface area contributed by atoms with Crippen molar-refractivity contribution in [3.8, 4) is 17.1 Å². The van der Waals surface area contributed by atoms with E-state index in [0.717, 1.165) is 34.0 Å². The summed E-state index contributed by atoms with van der Waals surface area (Å²) in [4.78, 5) is 12.1. The highest BCUT2D eigenvalue weighted by atomic mass is 32.2. The number of furan rings is 1. The fourth-order valence-electron chi connectivity index (χ4n) is 2.62. The first-order valence-electron chi connectivity index (χ1n) is 8.91. The predicted molar refractivity (Wildman–Crippen MR) is 110 cm³/mol. The summed E-state index contributed by atoms with van der Waals surface area (Å²) in [5.41, 5.74) is 2.72. The van der Waals surface area contributed by atoms with Crippen LogP contribution in [0.25, 0.3) is 11.3 Å². The van der Waals surface area contributed by atoms with Crippen molar-refractivity contribution in [1.82, 2.24) is 0 Å². The van der Waals surface area contributed by atoms with E-state index >= 15 is 0 Å². The van der Waals surface area contributed by atoms with Crippen LogP contribution in [0.3, 0.4) is 0 Å². The monoisotopic (exact) mass is 380 g/mol. The van der Waals surface area contributed by atoms with Gasteiger partial charge in [0.2, 0.25) is 0 Å². The molecule has 3 aromatic rings. The van der Waals surface area contributed by atoms with Crippen molar-refractivity contribution in [3.63, 3.8) is 0 Å². The molecule has 27 heavy (non-hydrogen) atoms. The van der Waals surface area contributed by atoms with Gasteiger partial charge in [-0.15, -0.1) is 11.8 Å². The van der Waals surface area contributed by atoms with Gasteiger partial charge in [-0.3, -0.25) is 4.79 Å². The third kappa shape index (κ3) is 5.04. The molecule has 0 aliphatic carbocycles. The molecule has 3 rings (SSSR count). The van der Waals surface area contributed by atoms with Crippen LogP contribution >= 0.6 is 11.8 Å². The first-order chi connectivity index (χ1) is 12.9. The molecule has 0 saturated carbocycles. The van der Waals surface area contributed by atoms with Crippen molar-refractivity contribution in [1.29, 1.82) is 0 Å². The van der Waals surface area contributed by atoms with Crippen LogP contribution in [0.2, 0.25) is 0 Å². The lowest BCUT2D eigenvalue weighted by atomic mass is 10.1. The van der Waals surface area contributed by atoms with E-state index in [-0.39, 0.29) is 0 Å².